The van der Waals surface area contributed by atoms with E-state index in [0.29, 0.717) is 35.6 Å². The number of benzene rings is 3. The Morgan fingerprint density at radius 3 is 2.52 bits per heavy atom. The third kappa shape index (κ3) is 4.14. The lowest BCUT2D eigenvalue weighted by molar-refractivity contribution is 0.0962. The van der Waals surface area contributed by atoms with Crippen molar-refractivity contribution in [3.05, 3.63) is 101 Å². The maximum absolute atomic E-state index is 13.0. The van der Waals surface area contributed by atoms with Gasteiger partial charge in [0, 0.05) is 18.2 Å². The van der Waals surface area contributed by atoms with Crippen LogP contribution in [0.3, 0.4) is 0 Å². The molecule has 0 saturated heterocycles. The number of nitrogens with zero attached hydrogens (tertiary/aromatic N) is 2. The van der Waals surface area contributed by atoms with E-state index in [2.05, 4.69) is 53.4 Å². The van der Waals surface area contributed by atoms with Crippen LogP contribution in [0.15, 0.2) is 72.9 Å². The van der Waals surface area contributed by atoms with Crippen molar-refractivity contribution in [2.75, 3.05) is 5.32 Å². The molecule has 0 fully saturated rings. The van der Waals surface area contributed by atoms with Gasteiger partial charge in [-0.3, -0.25) is 14.9 Å². The monoisotopic (exact) mass is 435 g/mol. The first-order valence-electron chi connectivity index (χ1n) is 11.3. The van der Waals surface area contributed by atoms with E-state index in [4.69, 9.17) is 0 Å². The highest BCUT2D eigenvalue weighted by molar-refractivity contribution is 6.12. The summed E-state index contributed by atoms with van der Waals surface area (Å²) in [6, 6.07) is 21.9. The van der Waals surface area contributed by atoms with Crippen molar-refractivity contribution in [2.24, 2.45) is 0 Å². The minimum atomic E-state index is -0.269. The standard InChI is InChI=1S/C28H25N3O2/c1-17(2)18-10-12-19(13-11-18)21-14-25-24(26(32)15-21)16-29-28(30-25)31-27(33)23-9-5-7-20-6-3-4-8-22(20)23/h3-13,16-17,21H,14-15H2,1-2H3,(H,29,30,31,33). The molecule has 0 bridgehead atoms. The Balaban J connectivity index is 1.39. The number of Topliss-reactive ketones (excluding diaryl/α,β-unsaturated/α-hetero) is 1. The molecule has 1 aliphatic carbocycles. The summed E-state index contributed by atoms with van der Waals surface area (Å²) in [7, 11) is 0. The van der Waals surface area contributed by atoms with Gasteiger partial charge in [0.2, 0.25) is 5.95 Å². The first-order valence-corrected chi connectivity index (χ1v) is 11.3. The molecule has 1 aliphatic rings. The third-order valence-corrected chi connectivity index (χ3v) is 6.37. The van der Waals surface area contributed by atoms with Crippen LogP contribution in [0.2, 0.25) is 0 Å². The van der Waals surface area contributed by atoms with Gasteiger partial charge in [0.25, 0.3) is 5.91 Å². The van der Waals surface area contributed by atoms with Crippen molar-refractivity contribution in [3.63, 3.8) is 0 Å². The zero-order chi connectivity index (χ0) is 22.9. The van der Waals surface area contributed by atoms with Crippen LogP contribution in [0.4, 0.5) is 5.95 Å². The number of hydrogen-bond donors (Lipinski definition) is 1. The van der Waals surface area contributed by atoms with Crippen molar-refractivity contribution in [2.45, 2.75) is 38.5 Å². The van der Waals surface area contributed by atoms with Crippen molar-refractivity contribution in [1.29, 1.82) is 0 Å². The normalized spacial score (nSPS) is 15.5. The van der Waals surface area contributed by atoms with Gasteiger partial charge in [-0.05, 0) is 46.2 Å². The van der Waals surface area contributed by atoms with Gasteiger partial charge < -0.3 is 0 Å². The van der Waals surface area contributed by atoms with Gasteiger partial charge in [-0.1, -0.05) is 74.5 Å². The highest BCUT2D eigenvalue weighted by Crippen LogP contribution is 2.32. The number of ketones is 1. The highest BCUT2D eigenvalue weighted by atomic mass is 16.1. The van der Waals surface area contributed by atoms with E-state index in [-0.39, 0.29) is 23.6 Å². The van der Waals surface area contributed by atoms with Crippen molar-refractivity contribution >= 4 is 28.4 Å². The molecule has 0 aliphatic heterocycles. The molecule has 0 radical (unpaired) electrons. The third-order valence-electron chi connectivity index (χ3n) is 6.37. The average molecular weight is 436 g/mol. The molecule has 5 rings (SSSR count). The summed E-state index contributed by atoms with van der Waals surface area (Å²) < 4.78 is 0. The van der Waals surface area contributed by atoms with Crippen LogP contribution in [0.1, 0.15) is 69.6 Å². The van der Waals surface area contributed by atoms with Gasteiger partial charge in [0.1, 0.15) is 0 Å². The second kappa shape index (κ2) is 8.58. The number of amides is 1. The second-order valence-electron chi connectivity index (χ2n) is 8.88. The number of aromatic nitrogens is 2. The van der Waals surface area contributed by atoms with E-state index >= 15 is 0 Å². The number of carbonyl (C=O) groups is 2. The summed E-state index contributed by atoms with van der Waals surface area (Å²) in [6.07, 6.45) is 2.63. The second-order valence-corrected chi connectivity index (χ2v) is 8.88. The Morgan fingerprint density at radius 1 is 0.970 bits per heavy atom. The Kier molecular flexibility index (Phi) is 5.47. The summed E-state index contributed by atoms with van der Waals surface area (Å²) >= 11 is 0. The lowest BCUT2D eigenvalue weighted by atomic mass is 9.81. The number of rotatable bonds is 4. The quantitative estimate of drug-likeness (QED) is 0.432. The van der Waals surface area contributed by atoms with E-state index in [9.17, 15) is 9.59 Å². The molecule has 5 heteroatoms. The summed E-state index contributed by atoms with van der Waals surface area (Å²) in [5.41, 5.74) is 4.22. The van der Waals surface area contributed by atoms with Gasteiger partial charge in [-0.2, -0.15) is 0 Å². The number of carbonyl (C=O) groups excluding carboxylic acids is 2. The first kappa shape index (κ1) is 21.0. The van der Waals surface area contributed by atoms with E-state index in [1.807, 2.05) is 36.4 Å². The Bertz CT molecular complexity index is 1350. The molecular formula is C28H25N3O2. The molecular weight excluding hydrogens is 410 g/mol. The Morgan fingerprint density at radius 2 is 1.73 bits per heavy atom. The maximum atomic E-state index is 13.0. The summed E-state index contributed by atoms with van der Waals surface area (Å²) in [4.78, 5) is 34.6. The zero-order valence-electron chi connectivity index (χ0n) is 18.7. The maximum Gasteiger partial charge on any atom is 0.258 e. The molecule has 3 aromatic carbocycles. The van der Waals surface area contributed by atoms with Crippen LogP contribution < -0.4 is 5.32 Å². The van der Waals surface area contributed by atoms with E-state index in [1.165, 1.54) is 5.56 Å². The number of fused-ring (bicyclic) bond motifs is 2. The molecule has 33 heavy (non-hydrogen) atoms. The first-order chi connectivity index (χ1) is 16.0. The summed E-state index contributed by atoms with van der Waals surface area (Å²) in [6.45, 7) is 4.33. The fourth-order valence-electron chi connectivity index (χ4n) is 4.49. The smallest absolute Gasteiger partial charge is 0.258 e. The SMILES string of the molecule is CC(C)c1ccc(C2CC(=O)c3cnc(NC(=O)c4cccc5ccccc45)nc3C2)cc1. The molecule has 1 amide bonds. The van der Waals surface area contributed by atoms with Gasteiger partial charge in [-0.25, -0.2) is 9.97 Å². The molecule has 1 N–H and O–H groups in total. The number of hydrogen-bond acceptors (Lipinski definition) is 4. The van der Waals surface area contributed by atoms with E-state index in [0.717, 1.165) is 16.3 Å². The topological polar surface area (TPSA) is 72.0 Å². The van der Waals surface area contributed by atoms with Crippen LogP contribution in [-0.2, 0) is 6.42 Å². The number of anilines is 1. The highest BCUT2D eigenvalue weighted by Gasteiger charge is 2.28. The molecule has 1 unspecified atom stereocenters. The van der Waals surface area contributed by atoms with E-state index < -0.39 is 0 Å². The van der Waals surface area contributed by atoms with Crippen LogP contribution in [0.25, 0.3) is 10.8 Å². The van der Waals surface area contributed by atoms with Crippen molar-refractivity contribution < 1.29 is 9.59 Å². The average Bonchev–Trinajstić information content (AvgIpc) is 2.83. The molecule has 1 atom stereocenters. The predicted octanol–water partition coefficient (Wildman–Crippen LogP) is 5.92. The van der Waals surface area contributed by atoms with Gasteiger partial charge in [0.05, 0.1) is 11.3 Å². The Labute approximate surface area is 192 Å². The molecule has 5 nitrogen and oxygen atoms in total. The lowest BCUT2D eigenvalue weighted by Gasteiger charge is -2.23. The molecule has 1 heterocycles. The van der Waals surface area contributed by atoms with Gasteiger partial charge in [-0.15, -0.1) is 0 Å². The van der Waals surface area contributed by atoms with Gasteiger partial charge in [0.15, 0.2) is 5.78 Å². The van der Waals surface area contributed by atoms with E-state index in [1.54, 1.807) is 12.3 Å². The summed E-state index contributed by atoms with van der Waals surface area (Å²) in [5.74, 6) is 0.530. The van der Waals surface area contributed by atoms with Gasteiger partial charge >= 0.3 is 0 Å². The van der Waals surface area contributed by atoms with Crippen LogP contribution in [-0.4, -0.2) is 21.7 Å². The lowest BCUT2D eigenvalue weighted by Crippen LogP contribution is -2.22. The van der Waals surface area contributed by atoms with Crippen molar-refractivity contribution in [3.8, 4) is 0 Å². The zero-order valence-corrected chi connectivity index (χ0v) is 18.7. The minimum Gasteiger partial charge on any atom is -0.294 e. The fraction of sp³-hybridized carbons (Fsp3) is 0.214. The Hall–Kier alpha value is -3.86. The van der Waals surface area contributed by atoms with Crippen molar-refractivity contribution in [1.82, 2.24) is 9.97 Å². The largest absolute Gasteiger partial charge is 0.294 e. The van der Waals surface area contributed by atoms with Crippen LogP contribution in [0, 0.1) is 0 Å². The molecule has 1 aromatic heterocycles. The van der Waals surface area contributed by atoms with Crippen LogP contribution in [0.5, 0.6) is 0 Å². The molecule has 0 saturated carbocycles. The molecule has 0 spiro atoms. The molecule has 164 valence electrons. The molecule has 4 aromatic rings. The summed E-state index contributed by atoms with van der Waals surface area (Å²) in [5, 5.41) is 4.68. The number of nitrogens with one attached hydrogen (secondary N) is 1. The predicted molar refractivity (Wildman–Crippen MR) is 130 cm³/mol. The minimum absolute atomic E-state index is 0.0427. The van der Waals surface area contributed by atoms with Crippen LogP contribution >= 0.6 is 0 Å². The fourth-order valence-corrected chi connectivity index (χ4v) is 4.49.